The molecule has 64 heteroatoms. The van der Waals surface area contributed by atoms with Crippen LogP contribution in [0.5, 0.6) is 0 Å². The number of hydrogen-bond acceptors (Lipinski definition) is 53. The average molecular weight is 2270 g/mol. The van der Waals surface area contributed by atoms with Crippen LogP contribution in [-0.4, -0.2) is 518 Å². The second-order valence-corrected chi connectivity index (χ2v) is 42.2. The quantitative estimate of drug-likeness (QED) is 0.00884. The highest BCUT2D eigenvalue weighted by Gasteiger charge is 2.57. The highest BCUT2D eigenvalue weighted by molar-refractivity contribution is 7.84. The summed E-state index contributed by atoms with van der Waals surface area (Å²) in [6.45, 7) is 12.0. The van der Waals surface area contributed by atoms with Crippen LogP contribution in [0.4, 0.5) is 0 Å². The lowest BCUT2D eigenvalue weighted by Crippen LogP contribution is -2.67. The second kappa shape index (κ2) is 66.5. The molecule has 0 aliphatic carbocycles. The maximum atomic E-state index is 12.5. The van der Waals surface area contributed by atoms with E-state index in [1.807, 2.05) is 13.8 Å². The number of ether oxygens (including phenoxy) is 24. The number of aliphatic hydroxyl groups excluding tert-OH is 14. The molecule has 8 heterocycles. The SMILES string of the molecule is CC1OC(OC2COC(OC3C(C)OC(OC4COC(OCCCCCCCC(=O)CCOCCOCCOCCNC(=O)CCOCC(C)(C)COCCC(=O)CCCOCCOCCOCC(=O)NCCCCCCOC5OCC(OC6OC(C)C(OC7OCC(OC8OC(C)C(O)C(O)C8NS(=O)(=O)O)C(O)C7O)C(O)C6NS(=O)(=O)O)C(O)C5O)C(O)C4O)C(N=[S-](=O)OO)C3O)C(O)C2O)C(NS(=O)(=O)O)C(O)C1O. The Kier molecular flexibility index (Phi) is 58.2. The molecule has 0 aromatic heterocycles. The number of hydrogen-bond donors (Lipinski definition) is 23. The van der Waals surface area contributed by atoms with E-state index in [1.165, 1.54) is 27.7 Å². The fourth-order valence-corrected chi connectivity index (χ4v) is 19.0. The maximum Gasteiger partial charge on any atom is 0.333 e. The van der Waals surface area contributed by atoms with Crippen molar-refractivity contribution in [1.82, 2.24) is 24.8 Å². The number of unbranched alkanes of at least 4 members (excludes halogenated alkanes) is 7. The summed E-state index contributed by atoms with van der Waals surface area (Å²) in [5.41, 5.74) is -0.377. The van der Waals surface area contributed by atoms with Crippen molar-refractivity contribution in [2.75, 3.05) is 158 Å². The Labute approximate surface area is 870 Å². The van der Waals surface area contributed by atoms with E-state index in [0.717, 1.165) is 19.3 Å². The first-order valence-corrected chi connectivity index (χ1v) is 55.1. The normalized spacial score (nSPS) is 35.2. The lowest BCUT2D eigenvalue weighted by Gasteiger charge is -2.48. The molecule has 878 valence electrons. The Balaban J connectivity index is 0.531. The van der Waals surface area contributed by atoms with Gasteiger partial charge in [0.15, 0.2) is 50.3 Å². The summed E-state index contributed by atoms with van der Waals surface area (Å²) in [6, 6.07) is -7.27. The van der Waals surface area contributed by atoms with E-state index in [2.05, 4.69) is 19.3 Å². The lowest BCUT2D eigenvalue weighted by molar-refractivity contribution is -0.355. The first-order valence-electron chi connectivity index (χ1n) is 49.7. The Morgan fingerprint density at radius 1 is 0.333 bits per heavy atom. The molecule has 150 heavy (non-hydrogen) atoms. The van der Waals surface area contributed by atoms with Gasteiger partial charge in [0, 0.05) is 70.4 Å². The van der Waals surface area contributed by atoms with Gasteiger partial charge in [-0.2, -0.15) is 39.4 Å². The minimum atomic E-state index is -5.15. The first kappa shape index (κ1) is 131. The van der Waals surface area contributed by atoms with Gasteiger partial charge in [-0.05, 0) is 70.7 Å². The highest BCUT2D eigenvalue weighted by atomic mass is 32.2. The fraction of sp³-hybridized carbons (Fsp3) is 0.953. The van der Waals surface area contributed by atoms with Gasteiger partial charge in [0.2, 0.25) is 11.8 Å². The number of amides is 2. The van der Waals surface area contributed by atoms with Crippen LogP contribution < -0.4 is 24.8 Å². The van der Waals surface area contributed by atoms with E-state index in [4.69, 9.17) is 119 Å². The van der Waals surface area contributed by atoms with E-state index in [9.17, 15) is 134 Å². The summed E-state index contributed by atoms with van der Waals surface area (Å²) in [6.07, 6.45) is -44.6. The number of nitrogens with zero attached hydrogens (tertiary/aromatic N) is 1. The zero-order valence-electron chi connectivity index (χ0n) is 84.2. The summed E-state index contributed by atoms with van der Waals surface area (Å²) in [5.74, 6) is -0.428. The Bertz CT molecular complexity index is 4330. The van der Waals surface area contributed by atoms with Crippen molar-refractivity contribution < 1.29 is 257 Å². The van der Waals surface area contributed by atoms with E-state index in [-0.39, 0.29) is 127 Å². The summed E-state index contributed by atoms with van der Waals surface area (Å²) in [7, 11) is -18.0. The molecule has 36 atom stereocenters. The zero-order chi connectivity index (χ0) is 110. The molecule has 0 aromatic rings. The van der Waals surface area contributed by atoms with Gasteiger partial charge in [0.25, 0.3) is 0 Å². The highest BCUT2D eigenvalue weighted by Crippen LogP contribution is 2.37. The number of rotatable bonds is 71. The Morgan fingerprint density at radius 3 is 1.13 bits per heavy atom. The summed E-state index contributed by atoms with van der Waals surface area (Å²) >= 11 is 0. The Hall–Kier alpha value is -3.76. The number of ketones is 2. The summed E-state index contributed by atoms with van der Waals surface area (Å²) in [5, 5.41) is 168. The topological polar surface area (TPSA) is 855 Å². The fourth-order valence-electron chi connectivity index (χ4n) is 16.7. The molecule has 8 aliphatic heterocycles. The van der Waals surface area contributed by atoms with Gasteiger partial charge in [-0.1, -0.05) is 46.0 Å². The van der Waals surface area contributed by atoms with E-state index in [0.29, 0.717) is 117 Å². The molecule has 23 N–H and O–H groups in total. The predicted molar refractivity (Wildman–Crippen MR) is 501 cm³/mol. The van der Waals surface area contributed by atoms with Crippen LogP contribution in [0, 0.1) is 5.41 Å². The molecule has 8 fully saturated rings. The maximum absolute atomic E-state index is 12.5. The van der Waals surface area contributed by atoms with Crippen molar-refractivity contribution in [3.05, 3.63) is 0 Å². The molecule has 8 aliphatic rings. The molecule has 0 radical (unpaired) electrons. The molecule has 2 amide bonds. The van der Waals surface area contributed by atoms with Gasteiger partial charge in [-0.25, -0.2) is 0 Å². The van der Waals surface area contributed by atoms with Crippen molar-refractivity contribution >= 4 is 65.2 Å². The third-order valence-corrected chi connectivity index (χ3v) is 27.3. The molecular formula is C86H155N6O54S4-. The van der Waals surface area contributed by atoms with Crippen LogP contribution in [0.15, 0.2) is 4.36 Å². The zero-order valence-corrected chi connectivity index (χ0v) is 87.5. The number of Topliss-reactive ketones (excluding diaryl/α,β-unsaturated/α-hetero) is 2. The molecular weight excluding hydrogens is 2110 g/mol. The third-order valence-electron chi connectivity index (χ3n) is 25.1. The van der Waals surface area contributed by atoms with E-state index < -0.39 is 283 Å². The minimum Gasteiger partial charge on any atom is -0.415 e. The van der Waals surface area contributed by atoms with Gasteiger partial charge >= 0.3 is 30.9 Å². The molecule has 60 nitrogen and oxygen atoms in total. The summed E-state index contributed by atoms with van der Waals surface area (Å²) < 4.78 is 260. The van der Waals surface area contributed by atoms with Gasteiger partial charge in [-0.15, -0.1) is 0 Å². The number of nitrogens with one attached hydrogen (secondary N) is 5. The van der Waals surface area contributed by atoms with Crippen LogP contribution in [0.1, 0.15) is 138 Å². The molecule has 0 saturated carbocycles. The molecule has 0 bridgehead atoms. The van der Waals surface area contributed by atoms with Gasteiger partial charge in [0.1, 0.15) is 164 Å². The van der Waals surface area contributed by atoms with E-state index in [1.54, 1.807) is 14.2 Å². The minimum absolute atomic E-state index is 0.0327. The smallest absolute Gasteiger partial charge is 0.333 e. The molecule has 8 saturated heterocycles. The van der Waals surface area contributed by atoms with Gasteiger partial charge in [0.05, 0.1) is 143 Å². The van der Waals surface area contributed by atoms with Crippen molar-refractivity contribution in [2.45, 2.75) is 359 Å². The van der Waals surface area contributed by atoms with Crippen molar-refractivity contribution in [3.63, 3.8) is 0 Å². The van der Waals surface area contributed by atoms with Gasteiger partial charge < -0.3 is 204 Å². The molecule has 8 rings (SSSR count). The van der Waals surface area contributed by atoms with Crippen molar-refractivity contribution in [2.24, 2.45) is 9.78 Å². The molecule has 0 aromatic carbocycles. The average Bonchev–Trinajstić information content (AvgIpc) is 0.789. The van der Waals surface area contributed by atoms with Crippen LogP contribution >= 0.6 is 0 Å². The largest absolute Gasteiger partial charge is 0.415 e. The van der Waals surface area contributed by atoms with Crippen molar-refractivity contribution in [3.8, 4) is 0 Å². The second-order valence-electron chi connectivity index (χ2n) is 37.8. The van der Waals surface area contributed by atoms with Crippen LogP contribution in [0.25, 0.3) is 0 Å². The Morgan fingerprint density at radius 2 is 0.680 bits per heavy atom. The lowest BCUT2D eigenvalue weighted by atomic mass is 9.96. The van der Waals surface area contributed by atoms with Crippen LogP contribution in [0.3, 0.4) is 0 Å². The van der Waals surface area contributed by atoms with E-state index >= 15 is 0 Å². The predicted octanol–water partition coefficient (Wildman–Crippen LogP) is -8.63. The summed E-state index contributed by atoms with van der Waals surface area (Å²) in [4.78, 5) is 49.6. The van der Waals surface area contributed by atoms with Gasteiger partial charge in [-0.3, -0.25) is 42.4 Å². The van der Waals surface area contributed by atoms with Crippen molar-refractivity contribution in [1.29, 1.82) is 0 Å². The number of aliphatic hydroxyl groups is 14. The monoisotopic (exact) mass is 2260 g/mol. The first-order chi connectivity index (χ1) is 71.1. The number of carbonyl (C=O) groups is 4. The van der Waals surface area contributed by atoms with Crippen LogP contribution in [0.2, 0.25) is 0 Å². The standard InChI is InChI=1S/C86H155N6O54S4/c1-46-62(97)68(103)59(90-148(113,114)115)79(136-46)141-54-41-134-84(74(109)66(54)101)144-76-48(3)138-78(58(70(76)105)89-147(112)146-111)140-52-39-132-82(72(107)64(52)99)130-25-14-10-7-8-12-17-50(93)19-27-123-32-35-125-36-33-124-30-23-88-56(95)21-29-129-45-86(5,6)44-128-28-20-51(94)18-16-24-122-31-34-126-37-38-127-43-57(96)87-22-13-9-11-15-26-131-83-73(108)65(100)53(40-133-83)143-81-61(92-150(119,120)121)71(106)77(49(4)139-81)145-85-75(110)67(102)55(42-135-85)142-80-60(91-149(116,117)118)69(104)63(98)47(2)137-80/h46-49,52-55,58-85,90-92,97-111H,7-45H2,1-6H3,(H,87,96)(H,88,95)(H,113,114,115)(H,116,117,118)(H,119,120,121)/q-1. The molecule has 36 unspecified atom stereocenters. The number of carbonyl (C=O) groups excluding carboxylic acids is 4. The molecule has 0 spiro atoms. The van der Waals surface area contributed by atoms with Crippen LogP contribution in [-0.2, 0) is 183 Å². The third kappa shape index (κ3) is 45.1.